The summed E-state index contributed by atoms with van der Waals surface area (Å²) < 4.78 is 38.1. The van der Waals surface area contributed by atoms with Crippen LogP contribution < -0.4 is 40.6 Å². The Bertz CT molecular complexity index is 1170. The quantitative estimate of drug-likeness (QED) is 0.0891. The van der Waals surface area contributed by atoms with Crippen LogP contribution in [0.25, 0.3) is 0 Å². The van der Waals surface area contributed by atoms with Crippen molar-refractivity contribution in [1.82, 2.24) is 14.6 Å². The van der Waals surface area contributed by atoms with Crippen LogP contribution >= 0.6 is 11.3 Å². The van der Waals surface area contributed by atoms with E-state index in [9.17, 15) is 27.4 Å². The van der Waals surface area contributed by atoms with E-state index >= 15 is 0 Å². The molecule has 3 N–H and O–H groups in total. The van der Waals surface area contributed by atoms with E-state index in [-0.39, 0.29) is 57.0 Å². The molecule has 13 nitrogen and oxygen atoms in total. The Balaban J connectivity index is 0.00000385. The number of nitrogens with two attached hydrogens (primary N) is 1. The first-order chi connectivity index (χ1) is 15.1. The maximum Gasteiger partial charge on any atom is 1.00 e. The van der Waals surface area contributed by atoms with Crippen molar-refractivity contribution in [2.75, 3.05) is 12.8 Å². The summed E-state index contributed by atoms with van der Waals surface area (Å²) in [5.74, 6) is -3.52. The van der Waals surface area contributed by atoms with E-state index in [4.69, 9.17) is 10.6 Å². The Morgan fingerprint density at radius 3 is 2.55 bits per heavy atom. The largest absolute Gasteiger partial charge is 1.00 e. The summed E-state index contributed by atoms with van der Waals surface area (Å²) in [5, 5.41) is 7.47. The zero-order chi connectivity index (χ0) is 23.5. The number of nitrogens with zero attached hydrogens (tertiary/aromatic N) is 3. The molecule has 2 aromatic rings. The number of β-lactam (4-membered cyclic amide) rings is 1. The third-order valence-corrected chi connectivity index (χ3v) is 5.79. The molecule has 0 radical (unpaired) electrons. The number of benzene rings is 1. The number of hydrogen-bond donors (Lipinski definition) is 2. The van der Waals surface area contributed by atoms with Gasteiger partial charge in [-0.3, -0.25) is 9.59 Å². The van der Waals surface area contributed by atoms with Gasteiger partial charge in [0.05, 0.1) is 7.11 Å². The Labute approximate surface area is 214 Å². The first kappa shape index (κ1) is 26.7. The summed E-state index contributed by atoms with van der Waals surface area (Å²) in [4.78, 5) is 46.0. The van der Waals surface area contributed by atoms with Crippen LogP contribution in [0, 0.1) is 0 Å². The number of thiazole rings is 1. The number of amides is 2. The number of nitrogen functional groups attached to an aromatic ring is 1. The molecule has 1 aromatic heterocycles. The molecular formula is C17H16N5NaO8S2. The van der Waals surface area contributed by atoms with Gasteiger partial charge in [-0.2, -0.15) is 0 Å². The molecule has 0 saturated carbocycles. The summed E-state index contributed by atoms with van der Waals surface area (Å²) >= 11 is 1.01. The van der Waals surface area contributed by atoms with Crippen LogP contribution in [0.2, 0.25) is 0 Å². The van der Waals surface area contributed by atoms with Crippen molar-refractivity contribution < 1.29 is 66.5 Å². The van der Waals surface area contributed by atoms with Crippen molar-refractivity contribution in [1.29, 1.82) is 0 Å². The molecule has 0 unspecified atom stereocenters. The number of rotatable bonds is 8. The van der Waals surface area contributed by atoms with Crippen LogP contribution in [0.5, 0.6) is 0 Å². The second-order valence-electron chi connectivity index (χ2n) is 6.28. The predicted molar refractivity (Wildman–Crippen MR) is 109 cm³/mol. The van der Waals surface area contributed by atoms with Gasteiger partial charge >= 0.3 is 35.5 Å². The van der Waals surface area contributed by atoms with Gasteiger partial charge in [-0.1, -0.05) is 35.5 Å². The summed E-state index contributed by atoms with van der Waals surface area (Å²) in [6.45, 7) is 0.00654. The molecule has 0 spiro atoms. The van der Waals surface area contributed by atoms with E-state index in [1.165, 1.54) is 5.38 Å². The normalized spacial score (nSPS) is 18.1. The van der Waals surface area contributed by atoms with E-state index < -0.39 is 40.2 Å². The molecule has 1 aromatic carbocycles. The van der Waals surface area contributed by atoms with Gasteiger partial charge < -0.3 is 25.2 Å². The molecular weight excluding hydrogens is 489 g/mol. The first-order valence-electron chi connectivity index (χ1n) is 8.76. The third kappa shape index (κ3) is 6.07. The van der Waals surface area contributed by atoms with E-state index in [0.717, 1.165) is 24.0 Å². The number of oxime groups is 1. The topological polar surface area (TPSA) is 193 Å². The number of hydrogen-bond acceptors (Lipinski definition) is 12. The number of aromatic nitrogens is 1. The van der Waals surface area contributed by atoms with Crippen molar-refractivity contribution in [3.8, 4) is 0 Å². The van der Waals surface area contributed by atoms with Gasteiger partial charge in [-0.05, 0) is 5.56 Å². The molecule has 2 atom stereocenters. The van der Waals surface area contributed by atoms with Gasteiger partial charge in [0.1, 0.15) is 18.3 Å². The number of anilines is 1. The fourth-order valence-electron chi connectivity index (χ4n) is 2.76. The van der Waals surface area contributed by atoms with Crippen LogP contribution in [0.3, 0.4) is 0 Å². The molecule has 0 bridgehead atoms. The summed E-state index contributed by atoms with van der Waals surface area (Å²) in [6.07, 6.45) is 0. The fourth-order valence-corrected chi connectivity index (χ4v) is 4.13. The molecule has 1 aliphatic rings. The van der Waals surface area contributed by atoms with E-state index in [0.29, 0.717) is 0 Å². The van der Waals surface area contributed by atoms with Crippen LogP contribution in [-0.4, -0.2) is 64.9 Å². The Morgan fingerprint density at radius 1 is 1.33 bits per heavy atom. The maximum atomic E-state index is 12.8. The molecule has 2 heterocycles. The van der Waals surface area contributed by atoms with Crippen molar-refractivity contribution in [3.63, 3.8) is 0 Å². The van der Waals surface area contributed by atoms with Crippen LogP contribution in [0.1, 0.15) is 11.3 Å². The number of nitrogens with one attached hydrogen (secondary N) is 1. The minimum atomic E-state index is -5.30. The SMILES string of the molecule is COC(=O)[C@H]1[C@@H](NC(=O)C(=NOCc2ccccc2)c2csc(N)n2)C(=O)N1S(=O)(=O)[O-].[Na+]. The minimum absolute atomic E-state index is 0. The minimum Gasteiger partial charge on any atom is -0.731 e. The van der Waals surface area contributed by atoms with E-state index in [1.54, 1.807) is 24.3 Å². The van der Waals surface area contributed by atoms with Crippen molar-refractivity contribution in [2.45, 2.75) is 18.7 Å². The van der Waals surface area contributed by atoms with Crippen LogP contribution in [0.4, 0.5) is 5.13 Å². The average Bonchev–Trinajstić information content (AvgIpc) is 3.17. The second kappa shape index (κ2) is 11.0. The third-order valence-electron chi connectivity index (χ3n) is 4.23. The van der Waals surface area contributed by atoms with Crippen molar-refractivity contribution >= 4 is 50.3 Å². The number of carbonyl (C=O) groups excluding carboxylic acids is 3. The molecule has 33 heavy (non-hydrogen) atoms. The number of ether oxygens (including phenoxy) is 1. The van der Waals surface area contributed by atoms with Gasteiger partial charge in [0.25, 0.3) is 11.8 Å². The zero-order valence-electron chi connectivity index (χ0n) is 17.3. The number of carbonyl (C=O) groups is 3. The second-order valence-corrected chi connectivity index (χ2v) is 8.42. The maximum absolute atomic E-state index is 12.8. The van der Waals surface area contributed by atoms with Gasteiger partial charge in [0.2, 0.25) is 0 Å². The van der Waals surface area contributed by atoms with Gasteiger partial charge in [-0.25, -0.2) is 22.5 Å². The zero-order valence-corrected chi connectivity index (χ0v) is 21.0. The van der Waals surface area contributed by atoms with Crippen molar-refractivity contribution in [3.05, 3.63) is 47.0 Å². The standard InChI is InChI=1S/C17H17N5O8S2.Na/c1-29-16(25)13-12(15(24)22(13)32(26,27)28)20-14(23)11(10-8-31-17(18)19-10)21-30-7-9-5-3-2-4-6-9;/h2-6,8,12-13H,7H2,1H3,(H2,18,19)(H,20,23)(H,26,27,28);/q;+1/p-1/t12-,13-;/m1./s1. The summed E-state index contributed by atoms with van der Waals surface area (Å²) in [7, 11) is -4.37. The Morgan fingerprint density at radius 2 is 2.00 bits per heavy atom. The van der Waals surface area contributed by atoms with Crippen LogP contribution in [0.15, 0.2) is 40.9 Å². The fraction of sp³-hybridized carbons (Fsp3) is 0.235. The van der Waals surface area contributed by atoms with E-state index in [2.05, 4.69) is 20.2 Å². The van der Waals surface area contributed by atoms with Gasteiger partial charge in [0, 0.05) is 5.38 Å². The van der Waals surface area contributed by atoms with Crippen molar-refractivity contribution in [2.24, 2.45) is 5.16 Å². The molecule has 0 aliphatic carbocycles. The smallest absolute Gasteiger partial charge is 0.731 e. The average molecular weight is 505 g/mol. The number of esters is 1. The number of methoxy groups -OCH3 is 1. The Hall–Kier alpha value is -2.56. The molecule has 16 heteroatoms. The molecule has 1 aliphatic heterocycles. The molecule has 2 amide bonds. The summed E-state index contributed by atoms with van der Waals surface area (Å²) in [6, 6.07) is 5.37. The van der Waals surface area contributed by atoms with Gasteiger partial charge in [-0.15, -0.1) is 11.3 Å². The molecule has 1 fully saturated rings. The monoisotopic (exact) mass is 505 g/mol. The van der Waals surface area contributed by atoms with Gasteiger partial charge in [0.15, 0.2) is 27.2 Å². The molecule has 170 valence electrons. The first-order valence-corrected chi connectivity index (χ1v) is 11.0. The molecule has 1 saturated heterocycles. The van der Waals surface area contributed by atoms with Crippen LogP contribution in [-0.2, 0) is 40.9 Å². The predicted octanol–water partition coefficient (Wildman–Crippen LogP) is -4.02. The molecule has 3 rings (SSSR count). The Kier molecular flexibility index (Phi) is 8.93. The summed E-state index contributed by atoms with van der Waals surface area (Å²) in [5.41, 5.74) is 5.99. The van der Waals surface area contributed by atoms with E-state index in [1.807, 2.05) is 6.07 Å².